The highest BCUT2D eigenvalue weighted by molar-refractivity contribution is 9.10. The molecular formula is C13H13BrN2O3. The molecule has 6 heteroatoms. The maximum Gasteiger partial charge on any atom is 0.176 e. The van der Waals surface area contributed by atoms with Crippen molar-refractivity contribution < 1.29 is 14.3 Å². The van der Waals surface area contributed by atoms with Crippen molar-refractivity contribution in [2.45, 2.75) is 6.61 Å². The molecule has 100 valence electrons. The zero-order chi connectivity index (χ0) is 13.8. The molecular weight excluding hydrogens is 312 g/mol. The average Bonchev–Trinajstić information content (AvgIpc) is 2.82. The summed E-state index contributed by atoms with van der Waals surface area (Å²) in [6.45, 7) is 0.318. The fourth-order valence-corrected chi connectivity index (χ4v) is 2.19. The monoisotopic (exact) mass is 324 g/mol. The van der Waals surface area contributed by atoms with Crippen molar-refractivity contribution in [1.82, 2.24) is 9.55 Å². The molecule has 0 N–H and O–H groups in total. The molecule has 19 heavy (non-hydrogen) atoms. The molecule has 2 rings (SSSR count). The van der Waals surface area contributed by atoms with Gasteiger partial charge in [0.25, 0.3) is 0 Å². The second-order valence-corrected chi connectivity index (χ2v) is 4.75. The Labute approximate surface area is 119 Å². The number of hydrogen-bond acceptors (Lipinski definition) is 4. The van der Waals surface area contributed by atoms with Crippen molar-refractivity contribution in [1.29, 1.82) is 0 Å². The number of aromatic nitrogens is 2. The van der Waals surface area contributed by atoms with Crippen molar-refractivity contribution >= 4 is 22.2 Å². The van der Waals surface area contributed by atoms with Crippen molar-refractivity contribution in [3.63, 3.8) is 0 Å². The smallest absolute Gasteiger partial charge is 0.176 e. The van der Waals surface area contributed by atoms with E-state index >= 15 is 0 Å². The van der Waals surface area contributed by atoms with Crippen LogP contribution in [-0.4, -0.2) is 22.9 Å². The van der Waals surface area contributed by atoms with Crippen LogP contribution >= 0.6 is 15.9 Å². The first-order chi connectivity index (χ1) is 9.15. The minimum atomic E-state index is 0.318. The van der Waals surface area contributed by atoms with Crippen LogP contribution in [0, 0.1) is 0 Å². The maximum absolute atomic E-state index is 10.8. The van der Waals surface area contributed by atoms with Crippen molar-refractivity contribution in [3.8, 4) is 11.5 Å². The second-order valence-electron chi connectivity index (χ2n) is 3.90. The molecule has 2 aromatic rings. The molecule has 0 fully saturated rings. The Morgan fingerprint density at radius 2 is 2.26 bits per heavy atom. The van der Waals surface area contributed by atoms with Gasteiger partial charge < -0.3 is 14.0 Å². The summed E-state index contributed by atoms with van der Waals surface area (Å²) in [5.41, 5.74) is 0.521. The number of carbonyl (C=O) groups is 1. The summed E-state index contributed by atoms with van der Waals surface area (Å²) in [5, 5.41) is 0. The molecule has 0 aliphatic heterocycles. The van der Waals surface area contributed by atoms with E-state index in [0.29, 0.717) is 28.1 Å². The van der Waals surface area contributed by atoms with Gasteiger partial charge in [0, 0.05) is 25.0 Å². The highest BCUT2D eigenvalue weighted by Crippen LogP contribution is 2.36. The van der Waals surface area contributed by atoms with E-state index < -0.39 is 0 Å². The predicted octanol–water partition coefficient (Wildman–Crippen LogP) is 2.58. The van der Waals surface area contributed by atoms with E-state index in [1.165, 1.54) is 7.11 Å². The number of aryl methyl sites for hydroxylation is 1. The van der Waals surface area contributed by atoms with E-state index in [-0.39, 0.29) is 0 Å². The third-order valence-electron chi connectivity index (χ3n) is 2.65. The molecule has 0 unspecified atom stereocenters. The van der Waals surface area contributed by atoms with Crippen LogP contribution in [-0.2, 0) is 13.7 Å². The molecule has 5 nitrogen and oxygen atoms in total. The third kappa shape index (κ3) is 2.96. The van der Waals surface area contributed by atoms with Crippen LogP contribution in [0.1, 0.15) is 16.2 Å². The predicted molar refractivity (Wildman–Crippen MR) is 73.6 cm³/mol. The van der Waals surface area contributed by atoms with Gasteiger partial charge >= 0.3 is 0 Å². The highest BCUT2D eigenvalue weighted by Gasteiger charge is 2.12. The molecule has 0 aliphatic carbocycles. The average molecular weight is 325 g/mol. The standard InChI is InChI=1S/C13H13BrN2O3/c1-16-4-3-15-12(16)8-19-13-10(14)5-9(7-17)6-11(13)18-2/h3-7H,8H2,1-2H3. The van der Waals surface area contributed by atoms with E-state index in [2.05, 4.69) is 20.9 Å². The Bertz CT molecular complexity index is 596. The number of nitrogens with zero attached hydrogens (tertiary/aromatic N) is 2. The third-order valence-corrected chi connectivity index (χ3v) is 3.24. The first-order valence-electron chi connectivity index (χ1n) is 5.57. The van der Waals surface area contributed by atoms with Gasteiger partial charge in [-0.2, -0.15) is 0 Å². The lowest BCUT2D eigenvalue weighted by Crippen LogP contribution is -2.04. The summed E-state index contributed by atoms with van der Waals surface area (Å²) < 4.78 is 13.5. The van der Waals surface area contributed by atoms with Crippen LogP contribution in [0.25, 0.3) is 0 Å². The van der Waals surface area contributed by atoms with E-state index in [1.54, 1.807) is 18.3 Å². The summed E-state index contributed by atoms with van der Waals surface area (Å²) in [5.74, 6) is 1.86. The Hall–Kier alpha value is -1.82. The molecule has 0 bridgehead atoms. The molecule has 0 atom stereocenters. The SMILES string of the molecule is COc1cc(C=O)cc(Br)c1OCc1nccn1C. The van der Waals surface area contributed by atoms with Gasteiger partial charge in [-0.25, -0.2) is 4.98 Å². The Morgan fingerprint density at radius 3 is 2.84 bits per heavy atom. The summed E-state index contributed by atoms with van der Waals surface area (Å²) in [7, 11) is 3.43. The van der Waals surface area contributed by atoms with Crippen LogP contribution in [0.5, 0.6) is 11.5 Å². The molecule has 0 aliphatic rings. The molecule has 0 radical (unpaired) electrons. The highest BCUT2D eigenvalue weighted by atomic mass is 79.9. The Balaban J connectivity index is 2.24. The first-order valence-corrected chi connectivity index (χ1v) is 6.36. The summed E-state index contributed by atoms with van der Waals surface area (Å²) in [6.07, 6.45) is 4.32. The van der Waals surface area contributed by atoms with E-state index in [4.69, 9.17) is 9.47 Å². The van der Waals surface area contributed by atoms with Gasteiger partial charge in [-0.3, -0.25) is 4.79 Å². The molecule has 1 aromatic carbocycles. The molecule has 0 saturated heterocycles. The van der Waals surface area contributed by atoms with E-state index in [9.17, 15) is 4.79 Å². The van der Waals surface area contributed by atoms with Gasteiger partial charge in [0.15, 0.2) is 11.5 Å². The van der Waals surface area contributed by atoms with Crippen LogP contribution < -0.4 is 9.47 Å². The molecule has 0 spiro atoms. The Kier molecular flexibility index (Phi) is 4.21. The van der Waals surface area contributed by atoms with Crippen molar-refractivity contribution in [2.75, 3.05) is 7.11 Å². The normalized spacial score (nSPS) is 10.3. The topological polar surface area (TPSA) is 53.4 Å². The number of hydrogen-bond donors (Lipinski definition) is 0. The summed E-state index contributed by atoms with van der Waals surface area (Å²) in [6, 6.07) is 3.31. The molecule has 1 aromatic heterocycles. The molecule has 0 saturated carbocycles. The number of imidazole rings is 1. The lowest BCUT2D eigenvalue weighted by molar-refractivity contribution is 0.112. The minimum Gasteiger partial charge on any atom is -0.493 e. The number of aldehydes is 1. The first kappa shape index (κ1) is 13.6. The zero-order valence-corrected chi connectivity index (χ0v) is 12.2. The quantitative estimate of drug-likeness (QED) is 0.793. The van der Waals surface area contributed by atoms with Gasteiger partial charge in [0.2, 0.25) is 0 Å². The zero-order valence-electron chi connectivity index (χ0n) is 10.6. The van der Waals surface area contributed by atoms with Crippen molar-refractivity contribution in [2.24, 2.45) is 7.05 Å². The largest absolute Gasteiger partial charge is 0.493 e. The maximum atomic E-state index is 10.8. The van der Waals surface area contributed by atoms with Crippen LogP contribution in [0.4, 0.5) is 0 Å². The van der Waals surface area contributed by atoms with Crippen molar-refractivity contribution in [3.05, 3.63) is 40.4 Å². The van der Waals surface area contributed by atoms with Gasteiger partial charge in [-0.05, 0) is 28.1 Å². The van der Waals surface area contributed by atoms with E-state index in [0.717, 1.165) is 12.1 Å². The summed E-state index contributed by atoms with van der Waals surface area (Å²) >= 11 is 3.37. The van der Waals surface area contributed by atoms with Gasteiger partial charge in [-0.1, -0.05) is 0 Å². The lowest BCUT2D eigenvalue weighted by atomic mass is 10.2. The number of carbonyl (C=O) groups excluding carboxylic acids is 1. The van der Waals surface area contributed by atoms with Gasteiger partial charge in [0.05, 0.1) is 11.6 Å². The fourth-order valence-electron chi connectivity index (χ4n) is 1.62. The van der Waals surface area contributed by atoms with Crippen LogP contribution in [0.3, 0.4) is 0 Å². The molecule has 0 amide bonds. The summed E-state index contributed by atoms with van der Waals surface area (Å²) in [4.78, 5) is 15.0. The van der Waals surface area contributed by atoms with Gasteiger partial charge in [0.1, 0.15) is 18.7 Å². The fraction of sp³-hybridized carbons (Fsp3) is 0.231. The Morgan fingerprint density at radius 1 is 1.47 bits per heavy atom. The second kappa shape index (κ2) is 5.88. The van der Waals surface area contributed by atoms with Crippen LogP contribution in [0.15, 0.2) is 29.0 Å². The van der Waals surface area contributed by atoms with E-state index in [1.807, 2.05) is 17.8 Å². The molecule has 1 heterocycles. The number of halogens is 1. The van der Waals surface area contributed by atoms with Crippen LogP contribution in [0.2, 0.25) is 0 Å². The number of rotatable bonds is 5. The van der Waals surface area contributed by atoms with Gasteiger partial charge in [-0.15, -0.1) is 0 Å². The number of methoxy groups -OCH3 is 1. The lowest BCUT2D eigenvalue weighted by Gasteiger charge is -2.13. The minimum absolute atomic E-state index is 0.318. The number of ether oxygens (including phenoxy) is 2. The number of benzene rings is 1.